The van der Waals surface area contributed by atoms with Gasteiger partial charge in [0, 0.05) is 5.02 Å². The lowest BCUT2D eigenvalue weighted by atomic mass is 9.92. The Morgan fingerprint density at radius 3 is 2.36 bits per heavy atom. The van der Waals surface area contributed by atoms with Gasteiger partial charge in [-0.15, -0.1) is 0 Å². The standard InChI is InChI=1S/C17H15ClN2O2/c1-17(13-8-3-2-4-9-13)15(21)20(16(22)19-17)11-12-7-5-6-10-14(12)18/h2-10H,11H2,1H3,(H,19,22)/t17-/m0/s1. The van der Waals surface area contributed by atoms with Crippen LogP contribution in [-0.4, -0.2) is 16.8 Å². The smallest absolute Gasteiger partial charge is 0.319 e. The molecule has 0 radical (unpaired) electrons. The normalized spacial score (nSPS) is 21.1. The Morgan fingerprint density at radius 2 is 1.68 bits per heavy atom. The second kappa shape index (κ2) is 5.46. The minimum absolute atomic E-state index is 0.159. The number of halogens is 1. The fourth-order valence-electron chi connectivity index (χ4n) is 2.60. The second-order valence-corrected chi connectivity index (χ2v) is 5.81. The van der Waals surface area contributed by atoms with E-state index in [9.17, 15) is 9.59 Å². The van der Waals surface area contributed by atoms with Gasteiger partial charge in [-0.2, -0.15) is 0 Å². The van der Waals surface area contributed by atoms with Crippen LogP contribution in [0.3, 0.4) is 0 Å². The maximum Gasteiger partial charge on any atom is 0.325 e. The van der Waals surface area contributed by atoms with Crippen molar-refractivity contribution in [3.05, 3.63) is 70.7 Å². The third kappa shape index (κ3) is 2.35. The number of amides is 3. The molecular weight excluding hydrogens is 300 g/mol. The zero-order chi connectivity index (χ0) is 15.7. The minimum Gasteiger partial charge on any atom is -0.319 e. The van der Waals surface area contributed by atoms with Crippen LogP contribution >= 0.6 is 11.6 Å². The summed E-state index contributed by atoms with van der Waals surface area (Å²) in [6, 6.07) is 16.0. The van der Waals surface area contributed by atoms with Gasteiger partial charge in [-0.25, -0.2) is 4.79 Å². The molecule has 1 aliphatic rings. The third-order valence-electron chi connectivity index (χ3n) is 3.91. The van der Waals surface area contributed by atoms with E-state index in [0.29, 0.717) is 5.02 Å². The molecule has 112 valence electrons. The van der Waals surface area contributed by atoms with Gasteiger partial charge < -0.3 is 5.32 Å². The Morgan fingerprint density at radius 1 is 1.05 bits per heavy atom. The van der Waals surface area contributed by atoms with Gasteiger partial charge in [-0.3, -0.25) is 9.69 Å². The quantitative estimate of drug-likeness (QED) is 0.884. The molecule has 1 N–H and O–H groups in total. The highest BCUT2D eigenvalue weighted by molar-refractivity contribution is 6.31. The first-order valence-electron chi connectivity index (χ1n) is 6.95. The van der Waals surface area contributed by atoms with E-state index in [-0.39, 0.29) is 12.5 Å². The first-order valence-corrected chi connectivity index (χ1v) is 7.33. The summed E-state index contributed by atoms with van der Waals surface area (Å²) in [4.78, 5) is 26.2. The fourth-order valence-corrected chi connectivity index (χ4v) is 2.80. The number of rotatable bonds is 3. The van der Waals surface area contributed by atoms with Crippen molar-refractivity contribution in [3.63, 3.8) is 0 Å². The molecule has 1 fully saturated rings. The molecule has 1 heterocycles. The maximum absolute atomic E-state index is 12.8. The summed E-state index contributed by atoms with van der Waals surface area (Å²) in [5.74, 6) is -0.274. The van der Waals surface area contributed by atoms with Crippen LogP contribution in [0.4, 0.5) is 4.79 Å². The van der Waals surface area contributed by atoms with Crippen LogP contribution in [0.2, 0.25) is 5.02 Å². The number of nitrogens with one attached hydrogen (secondary N) is 1. The Hall–Kier alpha value is -2.33. The van der Waals surface area contributed by atoms with Crippen molar-refractivity contribution in [2.24, 2.45) is 0 Å². The van der Waals surface area contributed by atoms with Gasteiger partial charge in [0.05, 0.1) is 6.54 Å². The third-order valence-corrected chi connectivity index (χ3v) is 4.28. The summed E-state index contributed by atoms with van der Waals surface area (Å²) in [6.07, 6.45) is 0. The van der Waals surface area contributed by atoms with Gasteiger partial charge in [0.2, 0.25) is 0 Å². The van der Waals surface area contributed by atoms with E-state index in [2.05, 4.69) is 5.32 Å². The van der Waals surface area contributed by atoms with Crippen molar-refractivity contribution in [2.75, 3.05) is 0 Å². The number of carbonyl (C=O) groups excluding carboxylic acids is 2. The van der Waals surface area contributed by atoms with Crippen molar-refractivity contribution >= 4 is 23.5 Å². The topological polar surface area (TPSA) is 49.4 Å². The predicted molar refractivity (Wildman–Crippen MR) is 84.3 cm³/mol. The van der Waals surface area contributed by atoms with E-state index in [1.165, 1.54) is 4.90 Å². The zero-order valence-corrected chi connectivity index (χ0v) is 12.8. The lowest BCUT2D eigenvalue weighted by molar-refractivity contribution is -0.131. The van der Waals surface area contributed by atoms with Crippen LogP contribution < -0.4 is 5.32 Å². The van der Waals surface area contributed by atoms with E-state index in [1.54, 1.807) is 19.1 Å². The van der Waals surface area contributed by atoms with Gasteiger partial charge in [-0.1, -0.05) is 60.1 Å². The molecule has 2 aromatic carbocycles. The molecule has 22 heavy (non-hydrogen) atoms. The number of hydrogen-bond donors (Lipinski definition) is 1. The average Bonchev–Trinajstić information content (AvgIpc) is 2.75. The van der Waals surface area contributed by atoms with E-state index in [0.717, 1.165) is 11.1 Å². The van der Waals surface area contributed by atoms with Crippen molar-refractivity contribution in [1.29, 1.82) is 0 Å². The number of imide groups is 1. The van der Waals surface area contributed by atoms with Crippen LogP contribution in [0.15, 0.2) is 54.6 Å². The highest BCUT2D eigenvalue weighted by Crippen LogP contribution is 2.30. The minimum atomic E-state index is -1.04. The summed E-state index contributed by atoms with van der Waals surface area (Å²) in [5.41, 5.74) is 0.458. The van der Waals surface area contributed by atoms with Crippen molar-refractivity contribution in [1.82, 2.24) is 10.2 Å². The maximum atomic E-state index is 12.8. The molecule has 0 spiro atoms. The Balaban J connectivity index is 1.91. The van der Waals surface area contributed by atoms with Crippen LogP contribution in [0.5, 0.6) is 0 Å². The Kier molecular flexibility index (Phi) is 3.62. The first-order chi connectivity index (χ1) is 10.5. The number of benzene rings is 2. The van der Waals surface area contributed by atoms with E-state index in [4.69, 9.17) is 11.6 Å². The zero-order valence-electron chi connectivity index (χ0n) is 12.0. The molecule has 0 unspecified atom stereocenters. The summed E-state index contributed by atoms with van der Waals surface area (Å²) in [6.45, 7) is 1.88. The number of carbonyl (C=O) groups is 2. The van der Waals surface area contributed by atoms with Crippen molar-refractivity contribution < 1.29 is 9.59 Å². The largest absolute Gasteiger partial charge is 0.325 e. The molecule has 2 aromatic rings. The number of hydrogen-bond acceptors (Lipinski definition) is 2. The molecule has 1 atom stereocenters. The summed E-state index contributed by atoms with van der Waals surface area (Å²) in [5, 5.41) is 3.32. The monoisotopic (exact) mass is 314 g/mol. The van der Waals surface area contributed by atoms with Gasteiger partial charge >= 0.3 is 6.03 Å². The number of urea groups is 1. The average molecular weight is 315 g/mol. The Labute approximate surface area is 133 Å². The summed E-state index contributed by atoms with van der Waals surface area (Å²) >= 11 is 6.12. The molecule has 1 saturated heterocycles. The van der Waals surface area contributed by atoms with Crippen LogP contribution in [-0.2, 0) is 16.9 Å². The fraction of sp³-hybridized carbons (Fsp3) is 0.176. The molecule has 0 bridgehead atoms. The van der Waals surface area contributed by atoms with Crippen LogP contribution in [0.1, 0.15) is 18.1 Å². The molecule has 3 amide bonds. The lowest BCUT2D eigenvalue weighted by Crippen LogP contribution is -2.40. The highest BCUT2D eigenvalue weighted by Gasteiger charge is 2.48. The lowest BCUT2D eigenvalue weighted by Gasteiger charge is -2.22. The van der Waals surface area contributed by atoms with E-state index in [1.807, 2.05) is 42.5 Å². The molecule has 0 aromatic heterocycles. The highest BCUT2D eigenvalue weighted by atomic mass is 35.5. The van der Waals surface area contributed by atoms with E-state index < -0.39 is 11.6 Å². The summed E-state index contributed by atoms with van der Waals surface area (Å²) < 4.78 is 0. The molecule has 0 saturated carbocycles. The Bertz CT molecular complexity index is 732. The molecular formula is C17H15ClN2O2. The first kappa shape index (κ1) is 14.6. The van der Waals surface area contributed by atoms with Crippen LogP contribution in [0, 0.1) is 0 Å². The molecule has 3 rings (SSSR count). The number of nitrogens with zero attached hydrogens (tertiary/aromatic N) is 1. The van der Waals surface area contributed by atoms with Gasteiger partial charge in [0.15, 0.2) is 0 Å². The van der Waals surface area contributed by atoms with E-state index >= 15 is 0 Å². The molecule has 5 heteroatoms. The predicted octanol–water partition coefficient (Wildman–Crippen LogP) is 3.31. The van der Waals surface area contributed by atoms with Gasteiger partial charge in [-0.05, 0) is 24.1 Å². The SMILES string of the molecule is C[C@@]1(c2ccccc2)NC(=O)N(Cc2ccccc2Cl)C1=O. The molecule has 1 aliphatic heterocycles. The van der Waals surface area contributed by atoms with Crippen molar-refractivity contribution in [3.8, 4) is 0 Å². The van der Waals surface area contributed by atoms with Crippen LogP contribution in [0.25, 0.3) is 0 Å². The molecule has 0 aliphatic carbocycles. The van der Waals surface area contributed by atoms with Crippen molar-refractivity contribution in [2.45, 2.75) is 19.0 Å². The second-order valence-electron chi connectivity index (χ2n) is 5.40. The molecule has 4 nitrogen and oxygen atoms in total. The van der Waals surface area contributed by atoms with Gasteiger partial charge in [0.1, 0.15) is 5.54 Å². The summed E-state index contributed by atoms with van der Waals surface area (Å²) in [7, 11) is 0. The van der Waals surface area contributed by atoms with Gasteiger partial charge in [0.25, 0.3) is 5.91 Å².